The summed E-state index contributed by atoms with van der Waals surface area (Å²) in [7, 11) is 0. The molecule has 1 fully saturated rings. The number of amides is 1. The molecule has 7 heteroatoms. The number of anilines is 3. The molecule has 0 aliphatic carbocycles. The van der Waals surface area contributed by atoms with Crippen molar-refractivity contribution >= 4 is 34.8 Å². The van der Waals surface area contributed by atoms with Gasteiger partial charge in [-0.3, -0.25) is 4.79 Å². The van der Waals surface area contributed by atoms with Gasteiger partial charge in [-0.05, 0) is 48.5 Å². The first-order valence-corrected chi connectivity index (χ1v) is 9.52. The molecule has 2 heterocycles. The molecule has 142 valence electrons. The summed E-state index contributed by atoms with van der Waals surface area (Å²) in [6.45, 7) is 2.74. The Bertz CT molecular complexity index is 923. The van der Waals surface area contributed by atoms with Crippen molar-refractivity contribution in [2.45, 2.75) is 0 Å². The smallest absolute Gasteiger partial charge is 0.253 e. The molecule has 6 nitrogen and oxygen atoms in total. The fraction of sp³-hybridized carbons (Fsp3) is 0.190. The summed E-state index contributed by atoms with van der Waals surface area (Å²) in [5.41, 5.74) is 1.63. The van der Waals surface area contributed by atoms with E-state index in [-0.39, 0.29) is 5.91 Å². The summed E-state index contributed by atoms with van der Waals surface area (Å²) in [4.78, 5) is 16.6. The Balaban J connectivity index is 1.34. The topological polar surface area (TPSA) is 61.4 Å². The number of benzene rings is 2. The lowest BCUT2D eigenvalue weighted by Crippen LogP contribution is -2.49. The highest BCUT2D eigenvalue weighted by Gasteiger charge is 2.23. The predicted octanol–water partition coefficient (Wildman–Crippen LogP) is 3.84. The summed E-state index contributed by atoms with van der Waals surface area (Å²) in [5.74, 6) is 1.55. The number of rotatable bonds is 4. The zero-order valence-corrected chi connectivity index (χ0v) is 16.0. The van der Waals surface area contributed by atoms with Crippen LogP contribution in [0.15, 0.2) is 66.7 Å². The Morgan fingerprint density at radius 2 is 1.57 bits per heavy atom. The molecule has 2 aromatic carbocycles. The van der Waals surface area contributed by atoms with Crippen LogP contribution in [0, 0.1) is 0 Å². The third-order valence-corrected chi connectivity index (χ3v) is 4.93. The van der Waals surface area contributed by atoms with Crippen molar-refractivity contribution in [3.05, 3.63) is 77.3 Å². The van der Waals surface area contributed by atoms with Crippen molar-refractivity contribution < 1.29 is 4.79 Å². The number of carbonyl (C=O) groups excluding carboxylic acids is 1. The number of hydrogen-bond acceptors (Lipinski definition) is 5. The lowest BCUT2D eigenvalue weighted by Gasteiger charge is -2.35. The zero-order chi connectivity index (χ0) is 19.3. The summed E-state index contributed by atoms with van der Waals surface area (Å²) in [6.07, 6.45) is 0. The van der Waals surface area contributed by atoms with Gasteiger partial charge < -0.3 is 15.1 Å². The first kappa shape index (κ1) is 18.3. The van der Waals surface area contributed by atoms with Gasteiger partial charge in [-0.15, -0.1) is 10.2 Å². The highest BCUT2D eigenvalue weighted by Crippen LogP contribution is 2.18. The molecule has 0 spiro atoms. The van der Waals surface area contributed by atoms with Gasteiger partial charge in [0, 0.05) is 42.5 Å². The van der Waals surface area contributed by atoms with Crippen LogP contribution < -0.4 is 10.2 Å². The highest BCUT2D eigenvalue weighted by molar-refractivity contribution is 6.30. The molecule has 1 N–H and O–H groups in total. The predicted molar refractivity (Wildman–Crippen MR) is 111 cm³/mol. The standard InChI is InChI=1S/C21H20ClN5O/c22-17-8-6-16(7-9-17)21(28)27-14-12-26(13-15-27)20-11-10-19(24-25-20)23-18-4-2-1-3-5-18/h1-11H,12-15H2,(H,23,24). The molecular formula is C21H20ClN5O. The number of nitrogens with one attached hydrogen (secondary N) is 1. The Morgan fingerprint density at radius 1 is 0.857 bits per heavy atom. The maximum atomic E-state index is 12.6. The third-order valence-electron chi connectivity index (χ3n) is 4.68. The summed E-state index contributed by atoms with van der Waals surface area (Å²) in [5, 5.41) is 12.4. The Kier molecular flexibility index (Phi) is 5.39. The number of nitrogens with zero attached hydrogens (tertiary/aromatic N) is 4. The molecule has 0 atom stereocenters. The van der Waals surface area contributed by atoms with Crippen LogP contribution in [0.4, 0.5) is 17.3 Å². The van der Waals surface area contributed by atoms with E-state index in [0.717, 1.165) is 24.6 Å². The van der Waals surface area contributed by atoms with E-state index in [1.165, 1.54) is 0 Å². The average Bonchev–Trinajstić information content (AvgIpc) is 2.75. The molecule has 0 radical (unpaired) electrons. The number of hydrogen-bond donors (Lipinski definition) is 1. The Labute approximate surface area is 168 Å². The lowest BCUT2D eigenvalue weighted by atomic mass is 10.2. The lowest BCUT2D eigenvalue weighted by molar-refractivity contribution is 0.0746. The fourth-order valence-electron chi connectivity index (χ4n) is 3.14. The molecule has 0 saturated carbocycles. The second-order valence-corrected chi connectivity index (χ2v) is 6.99. The Hall–Kier alpha value is -3.12. The maximum absolute atomic E-state index is 12.6. The number of carbonyl (C=O) groups is 1. The van der Waals surface area contributed by atoms with Crippen molar-refractivity contribution in [3.63, 3.8) is 0 Å². The number of aromatic nitrogens is 2. The van der Waals surface area contributed by atoms with Crippen molar-refractivity contribution in [1.29, 1.82) is 0 Å². The van der Waals surface area contributed by atoms with Gasteiger partial charge in [-0.2, -0.15) is 0 Å². The van der Waals surface area contributed by atoms with Crippen LogP contribution >= 0.6 is 11.6 Å². The largest absolute Gasteiger partial charge is 0.352 e. The minimum atomic E-state index is 0.0322. The van der Waals surface area contributed by atoms with Gasteiger partial charge in [0.1, 0.15) is 0 Å². The van der Waals surface area contributed by atoms with E-state index in [1.807, 2.05) is 47.4 Å². The van der Waals surface area contributed by atoms with Crippen molar-refractivity contribution in [2.24, 2.45) is 0 Å². The zero-order valence-electron chi connectivity index (χ0n) is 15.3. The molecule has 1 amide bonds. The van der Waals surface area contributed by atoms with Gasteiger partial charge in [-0.25, -0.2) is 0 Å². The summed E-state index contributed by atoms with van der Waals surface area (Å²) >= 11 is 5.90. The first-order valence-electron chi connectivity index (χ1n) is 9.15. The second kappa shape index (κ2) is 8.27. The molecule has 1 aliphatic heterocycles. The fourth-order valence-corrected chi connectivity index (χ4v) is 3.27. The highest BCUT2D eigenvalue weighted by atomic mass is 35.5. The van der Waals surface area contributed by atoms with Gasteiger partial charge in [0.25, 0.3) is 5.91 Å². The van der Waals surface area contributed by atoms with E-state index < -0.39 is 0 Å². The monoisotopic (exact) mass is 393 g/mol. The van der Waals surface area contributed by atoms with Crippen LogP contribution in [0.2, 0.25) is 5.02 Å². The van der Waals surface area contributed by atoms with Gasteiger partial charge >= 0.3 is 0 Å². The van der Waals surface area contributed by atoms with Crippen LogP contribution in [0.1, 0.15) is 10.4 Å². The Morgan fingerprint density at radius 3 is 2.21 bits per heavy atom. The molecule has 4 rings (SSSR count). The van der Waals surface area contributed by atoms with Crippen LogP contribution in [-0.2, 0) is 0 Å². The molecule has 1 saturated heterocycles. The second-order valence-electron chi connectivity index (χ2n) is 6.55. The van der Waals surface area contributed by atoms with Crippen LogP contribution in [0.5, 0.6) is 0 Å². The SMILES string of the molecule is O=C(c1ccc(Cl)cc1)N1CCN(c2ccc(Nc3ccccc3)nn2)CC1. The summed E-state index contributed by atoms with van der Waals surface area (Å²) < 4.78 is 0. The van der Waals surface area contributed by atoms with Crippen molar-refractivity contribution in [1.82, 2.24) is 15.1 Å². The maximum Gasteiger partial charge on any atom is 0.253 e. The van der Waals surface area contributed by atoms with Gasteiger partial charge in [0.2, 0.25) is 0 Å². The average molecular weight is 394 g/mol. The molecule has 1 aromatic heterocycles. The van der Waals surface area contributed by atoms with Crippen LogP contribution in [0.25, 0.3) is 0 Å². The third kappa shape index (κ3) is 4.23. The van der Waals surface area contributed by atoms with Crippen LogP contribution in [0.3, 0.4) is 0 Å². The number of para-hydroxylation sites is 1. The van der Waals surface area contributed by atoms with E-state index >= 15 is 0 Å². The molecular weight excluding hydrogens is 374 g/mol. The molecule has 1 aliphatic rings. The molecule has 3 aromatic rings. The van der Waals surface area contributed by atoms with E-state index in [1.54, 1.807) is 24.3 Å². The number of piperazine rings is 1. The van der Waals surface area contributed by atoms with Crippen molar-refractivity contribution in [2.75, 3.05) is 36.4 Å². The van der Waals surface area contributed by atoms with Gasteiger partial charge in [-0.1, -0.05) is 29.8 Å². The number of halogens is 1. The van der Waals surface area contributed by atoms with Crippen LogP contribution in [-0.4, -0.2) is 47.2 Å². The molecule has 0 unspecified atom stereocenters. The van der Waals surface area contributed by atoms with E-state index in [2.05, 4.69) is 20.4 Å². The quantitative estimate of drug-likeness (QED) is 0.729. The molecule has 28 heavy (non-hydrogen) atoms. The van der Waals surface area contributed by atoms with Gasteiger partial charge in [0.05, 0.1) is 0 Å². The van der Waals surface area contributed by atoms with E-state index in [4.69, 9.17) is 11.6 Å². The van der Waals surface area contributed by atoms with Gasteiger partial charge in [0.15, 0.2) is 11.6 Å². The minimum absolute atomic E-state index is 0.0322. The minimum Gasteiger partial charge on any atom is -0.352 e. The first-order chi connectivity index (χ1) is 13.7. The summed E-state index contributed by atoms with van der Waals surface area (Å²) in [6, 6.07) is 20.7. The van der Waals surface area contributed by atoms with E-state index in [9.17, 15) is 4.79 Å². The van der Waals surface area contributed by atoms with E-state index in [0.29, 0.717) is 29.5 Å². The van der Waals surface area contributed by atoms with Crippen molar-refractivity contribution in [3.8, 4) is 0 Å². The molecule has 0 bridgehead atoms. The normalized spacial score (nSPS) is 14.0.